The molecule has 1 aliphatic heterocycles. The molecule has 1 heterocycles. The van der Waals surface area contributed by atoms with Gasteiger partial charge in [0.1, 0.15) is 5.57 Å². The number of hydrogen-bond donors (Lipinski definition) is 2. The molecule has 1 fully saturated rings. The maximum atomic E-state index is 13.0. The fourth-order valence-electron chi connectivity index (χ4n) is 2.87. The van der Waals surface area contributed by atoms with Crippen molar-refractivity contribution >= 4 is 45.5 Å². The van der Waals surface area contributed by atoms with Crippen LogP contribution >= 0.6 is 15.9 Å². The number of hydrogen-bond acceptors (Lipinski definition) is 5. The van der Waals surface area contributed by atoms with Crippen molar-refractivity contribution in [3.05, 3.63) is 57.6 Å². The topological polar surface area (TPSA) is 95.9 Å². The third-order valence-electron chi connectivity index (χ3n) is 4.38. The number of carbonyl (C=O) groups excluding carboxylic acids is 3. The Balaban J connectivity index is 2.02. The second-order valence-corrected chi connectivity index (χ2v) is 7.11. The van der Waals surface area contributed by atoms with Gasteiger partial charge >= 0.3 is 6.03 Å². The van der Waals surface area contributed by atoms with Gasteiger partial charge in [0.05, 0.1) is 12.3 Å². The molecule has 7 nitrogen and oxygen atoms in total. The van der Waals surface area contributed by atoms with Gasteiger partial charge in [0, 0.05) is 4.47 Å². The second kappa shape index (κ2) is 8.48. The van der Waals surface area contributed by atoms with Crippen molar-refractivity contribution in [2.24, 2.45) is 0 Å². The van der Waals surface area contributed by atoms with Gasteiger partial charge in [-0.25, -0.2) is 9.69 Å². The highest BCUT2D eigenvalue weighted by Gasteiger charge is 2.36. The molecular formula is C21H19BrN2O5. The van der Waals surface area contributed by atoms with Crippen LogP contribution in [0, 0.1) is 0 Å². The fraction of sp³-hybridized carbons (Fsp3) is 0.190. The van der Waals surface area contributed by atoms with Crippen LogP contribution < -0.4 is 15.0 Å². The zero-order chi connectivity index (χ0) is 21.1. The fourth-order valence-corrected chi connectivity index (χ4v) is 3.31. The van der Waals surface area contributed by atoms with Crippen molar-refractivity contribution in [2.75, 3.05) is 11.5 Å². The SMILES string of the molecule is CCOc1cc(C=C2C(=O)NC(=O)N(c3ccc(CC)cc3)C2=O)c(Br)cc1O. The van der Waals surface area contributed by atoms with E-state index < -0.39 is 17.8 Å². The maximum Gasteiger partial charge on any atom is 0.335 e. The third kappa shape index (κ3) is 4.17. The highest BCUT2D eigenvalue weighted by Crippen LogP contribution is 2.34. The van der Waals surface area contributed by atoms with Gasteiger partial charge in [-0.3, -0.25) is 14.9 Å². The van der Waals surface area contributed by atoms with Crippen molar-refractivity contribution in [1.29, 1.82) is 0 Å². The molecule has 0 saturated carbocycles. The zero-order valence-electron chi connectivity index (χ0n) is 15.9. The number of imide groups is 2. The number of nitrogens with zero attached hydrogens (tertiary/aromatic N) is 1. The molecule has 3 rings (SSSR count). The molecule has 2 N–H and O–H groups in total. The van der Waals surface area contributed by atoms with E-state index in [0.717, 1.165) is 16.9 Å². The molecule has 0 spiro atoms. The number of phenols is 1. The predicted octanol–water partition coefficient (Wildman–Crippen LogP) is 3.78. The largest absolute Gasteiger partial charge is 0.504 e. The Bertz CT molecular complexity index is 1010. The number of amides is 4. The average molecular weight is 459 g/mol. The summed E-state index contributed by atoms with van der Waals surface area (Å²) in [5.74, 6) is -1.39. The predicted molar refractivity (Wildman–Crippen MR) is 112 cm³/mol. The molecule has 0 aliphatic carbocycles. The molecule has 150 valence electrons. The minimum Gasteiger partial charge on any atom is -0.504 e. The minimum absolute atomic E-state index is 0.0758. The van der Waals surface area contributed by atoms with Gasteiger partial charge in [-0.2, -0.15) is 0 Å². The first-order chi connectivity index (χ1) is 13.8. The summed E-state index contributed by atoms with van der Waals surface area (Å²) in [6, 6.07) is 9.07. The van der Waals surface area contributed by atoms with E-state index in [2.05, 4.69) is 21.2 Å². The summed E-state index contributed by atoms with van der Waals surface area (Å²) in [6.07, 6.45) is 2.17. The number of halogens is 1. The normalized spacial score (nSPS) is 15.6. The zero-order valence-corrected chi connectivity index (χ0v) is 17.4. The summed E-state index contributed by atoms with van der Waals surface area (Å²) >= 11 is 3.30. The second-order valence-electron chi connectivity index (χ2n) is 6.25. The molecule has 1 aliphatic rings. The first kappa shape index (κ1) is 20.6. The molecule has 0 aromatic heterocycles. The van der Waals surface area contributed by atoms with E-state index in [1.165, 1.54) is 18.2 Å². The molecule has 2 aromatic rings. The van der Waals surface area contributed by atoms with E-state index in [-0.39, 0.29) is 17.1 Å². The minimum atomic E-state index is -0.804. The lowest BCUT2D eigenvalue weighted by molar-refractivity contribution is -0.122. The lowest BCUT2D eigenvalue weighted by Crippen LogP contribution is -2.54. The van der Waals surface area contributed by atoms with E-state index in [1.807, 2.05) is 19.1 Å². The van der Waals surface area contributed by atoms with Crippen LogP contribution in [0.3, 0.4) is 0 Å². The van der Waals surface area contributed by atoms with Crippen LogP contribution in [0.4, 0.5) is 10.5 Å². The van der Waals surface area contributed by atoms with Crippen molar-refractivity contribution in [3.63, 3.8) is 0 Å². The summed E-state index contributed by atoms with van der Waals surface area (Å²) in [5, 5.41) is 12.1. The maximum absolute atomic E-state index is 13.0. The number of aryl methyl sites for hydroxylation is 1. The number of barbiturate groups is 1. The van der Waals surface area contributed by atoms with Gasteiger partial charge in [-0.05, 0) is 54.8 Å². The van der Waals surface area contributed by atoms with Crippen LogP contribution in [0.5, 0.6) is 11.5 Å². The van der Waals surface area contributed by atoms with Gasteiger partial charge in [-0.15, -0.1) is 0 Å². The number of rotatable bonds is 5. The number of phenolic OH excluding ortho intramolecular Hbond substituents is 1. The van der Waals surface area contributed by atoms with E-state index in [0.29, 0.717) is 22.3 Å². The number of ether oxygens (including phenoxy) is 1. The van der Waals surface area contributed by atoms with Crippen LogP contribution in [0.2, 0.25) is 0 Å². The molecule has 0 bridgehead atoms. The Hall–Kier alpha value is -3.13. The molecule has 0 unspecified atom stereocenters. The van der Waals surface area contributed by atoms with Crippen LogP contribution in [-0.4, -0.2) is 29.6 Å². The molecule has 1 saturated heterocycles. The van der Waals surface area contributed by atoms with Crippen molar-refractivity contribution in [2.45, 2.75) is 20.3 Å². The summed E-state index contributed by atoms with van der Waals surface area (Å²) in [6.45, 7) is 4.10. The molecule has 29 heavy (non-hydrogen) atoms. The lowest BCUT2D eigenvalue weighted by Gasteiger charge is -2.26. The lowest BCUT2D eigenvalue weighted by atomic mass is 10.1. The van der Waals surface area contributed by atoms with E-state index in [1.54, 1.807) is 19.1 Å². The van der Waals surface area contributed by atoms with Crippen LogP contribution in [-0.2, 0) is 16.0 Å². The Morgan fingerprint density at radius 3 is 2.45 bits per heavy atom. The van der Waals surface area contributed by atoms with Crippen LogP contribution in [0.1, 0.15) is 25.0 Å². The molecule has 8 heteroatoms. The van der Waals surface area contributed by atoms with Crippen LogP contribution in [0.15, 0.2) is 46.4 Å². The van der Waals surface area contributed by atoms with Crippen molar-refractivity contribution in [1.82, 2.24) is 5.32 Å². The first-order valence-electron chi connectivity index (χ1n) is 9.01. The molecular weight excluding hydrogens is 440 g/mol. The Morgan fingerprint density at radius 1 is 1.14 bits per heavy atom. The van der Waals surface area contributed by atoms with Gasteiger partial charge < -0.3 is 9.84 Å². The summed E-state index contributed by atoms with van der Waals surface area (Å²) in [7, 11) is 0. The Labute approximate surface area is 176 Å². The number of benzene rings is 2. The van der Waals surface area contributed by atoms with Gasteiger partial charge in [0.15, 0.2) is 11.5 Å². The van der Waals surface area contributed by atoms with Crippen molar-refractivity contribution in [3.8, 4) is 11.5 Å². The summed E-state index contributed by atoms with van der Waals surface area (Å²) in [4.78, 5) is 38.5. The summed E-state index contributed by atoms with van der Waals surface area (Å²) in [5.41, 5.74) is 1.66. The third-order valence-corrected chi connectivity index (χ3v) is 5.07. The van der Waals surface area contributed by atoms with Gasteiger partial charge in [0.2, 0.25) is 0 Å². The molecule has 0 radical (unpaired) electrons. The quantitative estimate of drug-likeness (QED) is 0.524. The van der Waals surface area contributed by atoms with Gasteiger partial charge in [-0.1, -0.05) is 35.0 Å². The Morgan fingerprint density at radius 2 is 1.83 bits per heavy atom. The standard InChI is InChI=1S/C21H19BrN2O5/c1-3-12-5-7-14(8-6-12)24-20(27)15(19(26)23-21(24)28)9-13-10-18(29-4-2)17(25)11-16(13)22/h5-11,25H,3-4H2,1-2H3,(H,23,26,28). The highest BCUT2D eigenvalue weighted by atomic mass is 79.9. The first-order valence-corrected chi connectivity index (χ1v) is 9.80. The van der Waals surface area contributed by atoms with E-state index in [4.69, 9.17) is 4.74 Å². The smallest absolute Gasteiger partial charge is 0.335 e. The summed E-state index contributed by atoms with van der Waals surface area (Å²) < 4.78 is 5.81. The van der Waals surface area contributed by atoms with Crippen LogP contribution in [0.25, 0.3) is 6.08 Å². The van der Waals surface area contributed by atoms with E-state index in [9.17, 15) is 19.5 Å². The molecule has 2 aromatic carbocycles. The number of carbonyl (C=O) groups is 3. The highest BCUT2D eigenvalue weighted by molar-refractivity contribution is 9.10. The number of nitrogens with one attached hydrogen (secondary N) is 1. The number of urea groups is 1. The van der Waals surface area contributed by atoms with Gasteiger partial charge in [0.25, 0.3) is 11.8 Å². The number of aromatic hydroxyl groups is 1. The molecule has 4 amide bonds. The monoisotopic (exact) mass is 458 g/mol. The molecule has 0 atom stereocenters. The van der Waals surface area contributed by atoms with Crippen molar-refractivity contribution < 1.29 is 24.2 Å². The van der Waals surface area contributed by atoms with E-state index >= 15 is 0 Å². The Kier molecular flexibility index (Phi) is 6.03. The average Bonchev–Trinajstić information content (AvgIpc) is 2.68. The number of anilines is 1.